The third-order valence-electron chi connectivity index (χ3n) is 5.14. The number of nitrogens with one attached hydrogen (secondary N) is 1. The Hall–Kier alpha value is -1.91. The summed E-state index contributed by atoms with van der Waals surface area (Å²) >= 11 is 5.57. The second-order valence-electron chi connectivity index (χ2n) is 6.77. The van der Waals surface area contributed by atoms with Gasteiger partial charge in [-0.25, -0.2) is 0 Å². The van der Waals surface area contributed by atoms with E-state index in [1.54, 1.807) is 0 Å². The number of ether oxygens (including phenoxy) is 1. The first-order chi connectivity index (χ1) is 12.3. The fraction of sp³-hybridized carbons (Fsp3) is 0.381. The second kappa shape index (κ2) is 7.54. The fourth-order valence-corrected chi connectivity index (χ4v) is 3.97. The molecule has 4 rings (SSSR count). The predicted octanol–water partition coefficient (Wildman–Crippen LogP) is 3.98. The number of rotatable bonds is 3. The van der Waals surface area contributed by atoms with Crippen LogP contribution in [0.2, 0.25) is 0 Å². The molecule has 3 nitrogen and oxygen atoms in total. The van der Waals surface area contributed by atoms with Gasteiger partial charge in [0.25, 0.3) is 0 Å². The molecule has 0 aromatic heterocycles. The van der Waals surface area contributed by atoms with Crippen molar-refractivity contribution < 1.29 is 4.74 Å². The minimum Gasteiger partial charge on any atom is -0.376 e. The highest BCUT2D eigenvalue weighted by molar-refractivity contribution is 7.80. The van der Waals surface area contributed by atoms with E-state index in [0.717, 1.165) is 44.2 Å². The zero-order valence-corrected chi connectivity index (χ0v) is 15.2. The van der Waals surface area contributed by atoms with Gasteiger partial charge in [0, 0.05) is 26.2 Å². The van der Waals surface area contributed by atoms with Gasteiger partial charge in [0.1, 0.15) is 0 Å². The van der Waals surface area contributed by atoms with Crippen LogP contribution < -0.4 is 5.32 Å². The maximum Gasteiger partial charge on any atom is 0.169 e. The van der Waals surface area contributed by atoms with Crippen LogP contribution in [0.15, 0.2) is 48.5 Å². The summed E-state index contributed by atoms with van der Waals surface area (Å²) in [5.74, 6) is 0. The predicted molar refractivity (Wildman–Crippen MR) is 108 cm³/mol. The molecule has 0 aliphatic carbocycles. The van der Waals surface area contributed by atoms with Crippen molar-refractivity contribution in [2.24, 2.45) is 0 Å². The number of nitrogens with zero attached hydrogens (tertiary/aromatic N) is 1. The van der Waals surface area contributed by atoms with Gasteiger partial charge in [0.15, 0.2) is 5.11 Å². The topological polar surface area (TPSA) is 24.5 Å². The van der Waals surface area contributed by atoms with Gasteiger partial charge in [0.05, 0.1) is 6.10 Å². The van der Waals surface area contributed by atoms with Crippen LogP contribution in [0.4, 0.5) is 0 Å². The first kappa shape index (κ1) is 16.6. The molecule has 0 bridgehead atoms. The molecule has 2 aliphatic rings. The normalized spacial score (nSPS) is 20.6. The lowest BCUT2D eigenvalue weighted by Gasteiger charge is -2.30. The van der Waals surface area contributed by atoms with Crippen LogP contribution in [0.1, 0.15) is 24.8 Å². The Labute approximate surface area is 154 Å². The van der Waals surface area contributed by atoms with Gasteiger partial charge in [-0.2, -0.15) is 0 Å². The smallest absolute Gasteiger partial charge is 0.169 e. The fourth-order valence-electron chi connectivity index (χ4n) is 3.72. The van der Waals surface area contributed by atoms with Crippen molar-refractivity contribution in [1.82, 2.24) is 10.2 Å². The van der Waals surface area contributed by atoms with E-state index in [-0.39, 0.29) is 0 Å². The highest BCUT2D eigenvalue weighted by Crippen LogP contribution is 2.29. The van der Waals surface area contributed by atoms with Crippen molar-refractivity contribution in [2.45, 2.75) is 25.4 Å². The molecule has 0 saturated carbocycles. The molecule has 1 N–H and O–H groups in total. The lowest BCUT2D eigenvalue weighted by atomic mass is 9.94. The highest BCUT2D eigenvalue weighted by atomic mass is 32.1. The van der Waals surface area contributed by atoms with Crippen LogP contribution in [0.25, 0.3) is 16.3 Å². The van der Waals surface area contributed by atoms with Crippen molar-refractivity contribution in [1.29, 1.82) is 0 Å². The number of benzene rings is 2. The molecule has 2 aliphatic heterocycles. The largest absolute Gasteiger partial charge is 0.376 e. The van der Waals surface area contributed by atoms with Gasteiger partial charge in [-0.15, -0.1) is 0 Å². The van der Waals surface area contributed by atoms with E-state index in [0.29, 0.717) is 6.10 Å². The maximum absolute atomic E-state index is 5.65. The minimum atomic E-state index is 0.324. The van der Waals surface area contributed by atoms with Crippen molar-refractivity contribution in [2.75, 3.05) is 26.2 Å². The van der Waals surface area contributed by atoms with Crippen LogP contribution in [-0.4, -0.2) is 42.4 Å². The molecule has 1 fully saturated rings. The monoisotopic (exact) mass is 352 g/mol. The standard InChI is InChI=1S/C21H24N2OS/c25-21(22-15-18-7-4-14-24-18)23-12-10-17(11-13-23)20-9-3-6-16-5-1-2-8-19(16)20/h1-3,5-6,8-10,18H,4,7,11-15H2,(H,22,25). The first-order valence-corrected chi connectivity index (χ1v) is 9.53. The Morgan fingerprint density at radius 2 is 2.08 bits per heavy atom. The minimum absolute atomic E-state index is 0.324. The Morgan fingerprint density at radius 1 is 1.20 bits per heavy atom. The Balaban J connectivity index is 1.42. The summed E-state index contributed by atoms with van der Waals surface area (Å²) in [5.41, 5.74) is 2.78. The molecule has 2 aromatic carbocycles. The number of hydrogen-bond donors (Lipinski definition) is 1. The lowest BCUT2D eigenvalue weighted by Crippen LogP contribution is -2.44. The molecule has 0 spiro atoms. The van der Waals surface area contributed by atoms with Gasteiger partial charge < -0.3 is 15.0 Å². The molecular formula is C21H24N2OS. The first-order valence-electron chi connectivity index (χ1n) is 9.13. The molecule has 2 heterocycles. The Kier molecular flexibility index (Phi) is 4.99. The molecule has 0 radical (unpaired) electrons. The van der Waals surface area contributed by atoms with Crippen molar-refractivity contribution in [3.63, 3.8) is 0 Å². The van der Waals surface area contributed by atoms with E-state index in [2.05, 4.69) is 58.8 Å². The van der Waals surface area contributed by atoms with Crippen LogP contribution in [0, 0.1) is 0 Å². The molecule has 1 unspecified atom stereocenters. The van der Waals surface area contributed by atoms with E-state index in [9.17, 15) is 0 Å². The average Bonchev–Trinajstić information content (AvgIpc) is 3.19. The summed E-state index contributed by atoms with van der Waals surface area (Å²) in [7, 11) is 0. The molecule has 4 heteroatoms. The van der Waals surface area contributed by atoms with Crippen LogP contribution in [-0.2, 0) is 4.74 Å². The van der Waals surface area contributed by atoms with Gasteiger partial charge in [0.2, 0.25) is 0 Å². The molecule has 0 amide bonds. The third-order valence-corrected chi connectivity index (χ3v) is 5.54. The van der Waals surface area contributed by atoms with E-state index >= 15 is 0 Å². The molecule has 130 valence electrons. The van der Waals surface area contributed by atoms with E-state index < -0.39 is 0 Å². The van der Waals surface area contributed by atoms with Crippen molar-refractivity contribution in [3.8, 4) is 0 Å². The van der Waals surface area contributed by atoms with Crippen molar-refractivity contribution in [3.05, 3.63) is 54.1 Å². The lowest BCUT2D eigenvalue weighted by molar-refractivity contribution is 0.113. The Bertz CT molecular complexity index is 790. The van der Waals surface area contributed by atoms with Gasteiger partial charge in [-0.3, -0.25) is 0 Å². The number of hydrogen-bond acceptors (Lipinski definition) is 2. The summed E-state index contributed by atoms with van der Waals surface area (Å²) in [6.07, 6.45) is 5.98. The summed E-state index contributed by atoms with van der Waals surface area (Å²) < 4.78 is 5.65. The average molecular weight is 353 g/mol. The summed E-state index contributed by atoms with van der Waals surface area (Å²) in [4.78, 5) is 2.25. The zero-order chi connectivity index (χ0) is 17.1. The molecule has 1 atom stereocenters. The third kappa shape index (κ3) is 3.70. The van der Waals surface area contributed by atoms with Gasteiger partial charge >= 0.3 is 0 Å². The summed E-state index contributed by atoms with van der Waals surface area (Å²) in [5, 5.41) is 6.87. The second-order valence-corrected chi connectivity index (χ2v) is 7.16. The molecular weight excluding hydrogens is 328 g/mol. The van der Waals surface area contributed by atoms with E-state index in [1.165, 1.54) is 28.3 Å². The van der Waals surface area contributed by atoms with Crippen molar-refractivity contribution >= 4 is 33.7 Å². The summed E-state index contributed by atoms with van der Waals surface area (Å²) in [6, 6.07) is 15.2. The van der Waals surface area contributed by atoms with Gasteiger partial charge in [-0.05, 0) is 53.4 Å². The number of thiocarbonyl (C=S) groups is 1. The van der Waals surface area contributed by atoms with E-state index in [4.69, 9.17) is 17.0 Å². The highest BCUT2D eigenvalue weighted by Gasteiger charge is 2.19. The van der Waals surface area contributed by atoms with Crippen LogP contribution >= 0.6 is 12.2 Å². The van der Waals surface area contributed by atoms with E-state index in [1.807, 2.05) is 0 Å². The van der Waals surface area contributed by atoms with Crippen LogP contribution in [0.3, 0.4) is 0 Å². The molecule has 2 aromatic rings. The molecule has 1 saturated heterocycles. The molecule has 25 heavy (non-hydrogen) atoms. The maximum atomic E-state index is 5.65. The van der Waals surface area contributed by atoms with Gasteiger partial charge in [-0.1, -0.05) is 48.5 Å². The SMILES string of the molecule is S=C(NCC1CCCO1)N1CC=C(c2cccc3ccccc23)CC1. The zero-order valence-electron chi connectivity index (χ0n) is 14.4. The Morgan fingerprint density at radius 3 is 2.88 bits per heavy atom. The number of fused-ring (bicyclic) bond motifs is 1. The quantitative estimate of drug-likeness (QED) is 0.845. The summed E-state index contributed by atoms with van der Waals surface area (Å²) in [6.45, 7) is 3.55. The van der Waals surface area contributed by atoms with Crippen LogP contribution in [0.5, 0.6) is 0 Å².